The molecular formula is C20H17N3O6. The number of aromatic nitrogens is 2. The summed E-state index contributed by atoms with van der Waals surface area (Å²) in [6, 6.07) is 10.2. The molecule has 0 bridgehead atoms. The van der Waals surface area contributed by atoms with E-state index in [9.17, 15) is 19.7 Å². The minimum Gasteiger partial charge on any atom is -0.481 e. The Balaban J connectivity index is 2.14. The lowest BCUT2D eigenvalue weighted by Gasteiger charge is -2.12. The van der Waals surface area contributed by atoms with Crippen LogP contribution in [0.15, 0.2) is 42.6 Å². The molecule has 0 spiro atoms. The van der Waals surface area contributed by atoms with Crippen molar-refractivity contribution in [3.8, 4) is 11.3 Å². The molecule has 9 nitrogen and oxygen atoms in total. The lowest BCUT2D eigenvalue weighted by molar-refractivity contribution is -0.385. The van der Waals surface area contributed by atoms with Gasteiger partial charge in [-0.3, -0.25) is 24.7 Å². The fourth-order valence-electron chi connectivity index (χ4n) is 3.11. The lowest BCUT2D eigenvalue weighted by Crippen LogP contribution is -2.07. The van der Waals surface area contributed by atoms with E-state index in [1.165, 1.54) is 12.3 Å². The summed E-state index contributed by atoms with van der Waals surface area (Å²) in [7, 11) is 0. The standard InChI is InChI=1S/C20H17N3O6/c24-19(25)7-5-12-9-13(10-18(23(28)29)14(12)6-8-20(26)27)17-11-21-15-3-1-2-4-16(15)22-17/h1-4,9-11H,5-8H2,(H,24,25)(H,26,27). The van der Waals surface area contributed by atoms with Gasteiger partial charge in [-0.05, 0) is 36.6 Å². The van der Waals surface area contributed by atoms with Gasteiger partial charge >= 0.3 is 11.9 Å². The Hall–Kier alpha value is -3.88. The number of rotatable bonds is 8. The van der Waals surface area contributed by atoms with Crippen molar-refractivity contribution >= 4 is 28.7 Å². The second kappa shape index (κ2) is 8.42. The first-order chi connectivity index (χ1) is 13.8. The fourth-order valence-corrected chi connectivity index (χ4v) is 3.11. The number of hydrogen-bond acceptors (Lipinski definition) is 6. The summed E-state index contributed by atoms with van der Waals surface area (Å²) < 4.78 is 0. The molecule has 0 fully saturated rings. The van der Waals surface area contributed by atoms with Gasteiger partial charge in [0.05, 0.1) is 27.8 Å². The van der Waals surface area contributed by atoms with Crippen LogP contribution in [0, 0.1) is 10.1 Å². The number of aryl methyl sites for hydroxylation is 1. The van der Waals surface area contributed by atoms with E-state index in [4.69, 9.17) is 10.2 Å². The van der Waals surface area contributed by atoms with Crippen LogP contribution in [-0.4, -0.2) is 37.0 Å². The minimum atomic E-state index is -1.09. The molecular weight excluding hydrogens is 378 g/mol. The van der Waals surface area contributed by atoms with Crippen LogP contribution in [0.4, 0.5) is 5.69 Å². The fraction of sp³-hybridized carbons (Fsp3) is 0.200. The summed E-state index contributed by atoms with van der Waals surface area (Å²) in [6.45, 7) is 0. The monoisotopic (exact) mass is 395 g/mol. The highest BCUT2D eigenvalue weighted by molar-refractivity contribution is 5.78. The minimum absolute atomic E-state index is 0.0416. The molecule has 3 aromatic rings. The van der Waals surface area contributed by atoms with Crippen molar-refractivity contribution in [3.63, 3.8) is 0 Å². The van der Waals surface area contributed by atoms with E-state index in [2.05, 4.69) is 9.97 Å². The van der Waals surface area contributed by atoms with Crippen LogP contribution >= 0.6 is 0 Å². The molecule has 1 aromatic heterocycles. The molecule has 0 amide bonds. The molecule has 2 aromatic carbocycles. The summed E-state index contributed by atoms with van der Waals surface area (Å²) in [5.74, 6) is -2.14. The maximum absolute atomic E-state index is 11.7. The maximum Gasteiger partial charge on any atom is 0.303 e. The van der Waals surface area contributed by atoms with Gasteiger partial charge < -0.3 is 10.2 Å². The van der Waals surface area contributed by atoms with E-state index in [-0.39, 0.29) is 36.9 Å². The third-order valence-electron chi connectivity index (χ3n) is 4.46. The second-order valence-electron chi connectivity index (χ2n) is 6.42. The van der Waals surface area contributed by atoms with Crippen molar-refractivity contribution in [1.82, 2.24) is 9.97 Å². The molecule has 0 aliphatic rings. The molecule has 148 valence electrons. The number of carboxylic acids is 2. The lowest BCUT2D eigenvalue weighted by atomic mass is 9.94. The van der Waals surface area contributed by atoms with E-state index in [0.717, 1.165) is 0 Å². The van der Waals surface area contributed by atoms with Crippen LogP contribution in [0.3, 0.4) is 0 Å². The predicted molar refractivity (Wildman–Crippen MR) is 104 cm³/mol. The predicted octanol–water partition coefficient (Wildman–Crippen LogP) is 3.24. The molecule has 2 N–H and O–H groups in total. The van der Waals surface area contributed by atoms with Crippen LogP contribution in [0.25, 0.3) is 22.3 Å². The Bertz CT molecular complexity index is 1110. The SMILES string of the molecule is O=C(O)CCc1cc(-c2cnc3ccccc3n2)cc([N+](=O)[O-])c1CCC(=O)O. The number of fused-ring (bicyclic) bond motifs is 1. The van der Waals surface area contributed by atoms with Gasteiger partial charge in [-0.25, -0.2) is 4.98 Å². The van der Waals surface area contributed by atoms with E-state index < -0.39 is 16.9 Å². The average molecular weight is 395 g/mol. The third-order valence-corrected chi connectivity index (χ3v) is 4.46. The number of hydrogen-bond donors (Lipinski definition) is 2. The molecule has 3 rings (SSSR count). The number of carboxylic acid groups (broad SMARTS) is 2. The Morgan fingerprint density at radius 1 is 1.00 bits per heavy atom. The van der Waals surface area contributed by atoms with Crippen LogP contribution in [0.2, 0.25) is 0 Å². The summed E-state index contributed by atoms with van der Waals surface area (Å²) in [5, 5.41) is 29.6. The van der Waals surface area contributed by atoms with Gasteiger partial charge in [0.25, 0.3) is 5.69 Å². The molecule has 0 atom stereocenters. The second-order valence-corrected chi connectivity index (χ2v) is 6.42. The van der Waals surface area contributed by atoms with Gasteiger partial charge in [-0.1, -0.05) is 12.1 Å². The number of carbonyl (C=O) groups is 2. The molecule has 0 saturated carbocycles. The van der Waals surface area contributed by atoms with E-state index in [1.807, 2.05) is 6.07 Å². The molecule has 1 heterocycles. The van der Waals surface area contributed by atoms with Gasteiger partial charge in [0.2, 0.25) is 0 Å². The zero-order valence-electron chi connectivity index (χ0n) is 15.2. The van der Waals surface area contributed by atoms with Gasteiger partial charge in [0, 0.05) is 30.0 Å². The number of aliphatic carboxylic acids is 2. The summed E-state index contributed by atoms with van der Waals surface area (Å²) in [5.41, 5.74) is 2.54. The number of nitrogens with zero attached hydrogens (tertiary/aromatic N) is 3. The molecule has 0 aliphatic carbocycles. The molecule has 0 aliphatic heterocycles. The zero-order chi connectivity index (χ0) is 21.0. The summed E-state index contributed by atoms with van der Waals surface area (Å²) in [4.78, 5) is 41.9. The zero-order valence-corrected chi connectivity index (χ0v) is 15.2. The first kappa shape index (κ1) is 19.9. The topological polar surface area (TPSA) is 144 Å². The molecule has 29 heavy (non-hydrogen) atoms. The van der Waals surface area contributed by atoms with Gasteiger partial charge in [0.15, 0.2) is 0 Å². The number of para-hydroxylation sites is 2. The van der Waals surface area contributed by atoms with Crippen LogP contribution in [0.5, 0.6) is 0 Å². The Labute approximate surface area is 164 Å². The Morgan fingerprint density at radius 2 is 1.66 bits per heavy atom. The molecule has 0 saturated heterocycles. The van der Waals surface area contributed by atoms with Gasteiger partial charge in [0.1, 0.15) is 0 Å². The Morgan fingerprint density at radius 3 is 2.31 bits per heavy atom. The van der Waals surface area contributed by atoms with Crippen molar-refractivity contribution < 1.29 is 24.7 Å². The van der Waals surface area contributed by atoms with E-state index >= 15 is 0 Å². The van der Waals surface area contributed by atoms with Crippen molar-refractivity contribution in [2.45, 2.75) is 25.7 Å². The average Bonchev–Trinajstić information content (AvgIpc) is 2.69. The summed E-state index contributed by atoms with van der Waals surface area (Å²) >= 11 is 0. The Kier molecular flexibility index (Phi) is 5.77. The van der Waals surface area contributed by atoms with Gasteiger partial charge in [-0.15, -0.1) is 0 Å². The first-order valence-corrected chi connectivity index (χ1v) is 8.81. The quantitative estimate of drug-likeness (QED) is 0.437. The van der Waals surface area contributed by atoms with Crippen LogP contribution in [-0.2, 0) is 22.4 Å². The smallest absolute Gasteiger partial charge is 0.303 e. The number of nitro benzene ring substituents is 1. The van der Waals surface area contributed by atoms with Crippen molar-refractivity contribution in [2.75, 3.05) is 0 Å². The molecule has 0 radical (unpaired) electrons. The van der Waals surface area contributed by atoms with Crippen molar-refractivity contribution in [2.24, 2.45) is 0 Å². The summed E-state index contributed by atoms with van der Waals surface area (Å²) in [6.07, 6.45) is 0.948. The molecule has 9 heteroatoms. The third kappa shape index (κ3) is 4.70. The van der Waals surface area contributed by atoms with E-state index in [0.29, 0.717) is 27.9 Å². The maximum atomic E-state index is 11.7. The van der Waals surface area contributed by atoms with Crippen LogP contribution < -0.4 is 0 Å². The number of nitro groups is 1. The van der Waals surface area contributed by atoms with E-state index in [1.54, 1.807) is 24.3 Å². The number of benzene rings is 2. The molecule has 0 unspecified atom stereocenters. The first-order valence-electron chi connectivity index (χ1n) is 8.81. The van der Waals surface area contributed by atoms with Crippen molar-refractivity contribution in [3.05, 3.63) is 63.8 Å². The highest BCUT2D eigenvalue weighted by atomic mass is 16.6. The van der Waals surface area contributed by atoms with Crippen molar-refractivity contribution in [1.29, 1.82) is 0 Å². The largest absolute Gasteiger partial charge is 0.481 e. The van der Waals surface area contributed by atoms with Gasteiger partial charge in [-0.2, -0.15) is 0 Å². The normalized spacial score (nSPS) is 10.8. The van der Waals surface area contributed by atoms with Crippen LogP contribution in [0.1, 0.15) is 24.0 Å². The highest BCUT2D eigenvalue weighted by Gasteiger charge is 2.22. The highest BCUT2D eigenvalue weighted by Crippen LogP contribution is 2.32.